The summed E-state index contributed by atoms with van der Waals surface area (Å²) < 4.78 is 13.1. The number of hydrogen-bond acceptors (Lipinski definition) is 5. The minimum absolute atomic E-state index is 0.114. The Balaban J connectivity index is 1.60. The smallest absolute Gasteiger partial charge is 0.240 e. The SMILES string of the molecule is N#Cc1ccc(O[C@@H]2CCOC[C@H]2NC(=O)Cn2ccnc2)cc1. The third kappa shape index (κ3) is 4.12. The predicted molar refractivity (Wildman–Crippen MR) is 85.2 cm³/mol. The van der Waals surface area contributed by atoms with Crippen molar-refractivity contribution in [1.29, 1.82) is 5.26 Å². The molecule has 2 heterocycles. The molecule has 1 amide bonds. The molecule has 1 fully saturated rings. The lowest BCUT2D eigenvalue weighted by molar-refractivity contribution is -0.124. The Morgan fingerprint density at radius 3 is 3.00 bits per heavy atom. The molecule has 7 nitrogen and oxygen atoms in total. The van der Waals surface area contributed by atoms with Crippen LogP contribution in [0.5, 0.6) is 5.75 Å². The second-order valence-electron chi connectivity index (χ2n) is 5.57. The number of carbonyl (C=O) groups excluding carboxylic acids is 1. The molecule has 1 saturated heterocycles. The van der Waals surface area contributed by atoms with Crippen LogP contribution in [0.4, 0.5) is 0 Å². The third-order valence-corrected chi connectivity index (χ3v) is 3.80. The number of aromatic nitrogens is 2. The van der Waals surface area contributed by atoms with Crippen molar-refractivity contribution < 1.29 is 14.3 Å². The molecule has 7 heteroatoms. The highest BCUT2D eigenvalue weighted by atomic mass is 16.5. The number of rotatable bonds is 5. The number of nitriles is 1. The first-order chi connectivity index (χ1) is 11.7. The van der Waals surface area contributed by atoms with Gasteiger partial charge in [0.1, 0.15) is 18.4 Å². The monoisotopic (exact) mass is 326 g/mol. The molecule has 124 valence electrons. The molecule has 1 aromatic heterocycles. The van der Waals surface area contributed by atoms with E-state index in [1.54, 1.807) is 47.6 Å². The summed E-state index contributed by atoms with van der Waals surface area (Å²) in [6.07, 6.45) is 5.49. The normalized spacial score (nSPS) is 20.1. The van der Waals surface area contributed by atoms with Crippen molar-refractivity contribution in [3.05, 3.63) is 48.5 Å². The zero-order valence-corrected chi connectivity index (χ0v) is 13.1. The first kappa shape index (κ1) is 16.0. The second kappa shape index (κ2) is 7.62. The standard InChI is InChI=1S/C17H18N4O3/c18-9-13-1-3-14(4-2-13)24-16-5-8-23-11-15(16)20-17(22)10-21-7-6-19-12-21/h1-4,6-7,12,15-16H,5,8,10-11H2,(H,20,22)/t15-,16-/m1/s1. The molecular formula is C17H18N4O3. The fourth-order valence-electron chi connectivity index (χ4n) is 2.58. The van der Waals surface area contributed by atoms with Crippen LogP contribution in [0.15, 0.2) is 43.0 Å². The van der Waals surface area contributed by atoms with Crippen LogP contribution >= 0.6 is 0 Å². The van der Waals surface area contributed by atoms with E-state index >= 15 is 0 Å². The van der Waals surface area contributed by atoms with Crippen LogP contribution in [-0.4, -0.2) is 40.8 Å². The average molecular weight is 326 g/mol. The molecule has 24 heavy (non-hydrogen) atoms. The van der Waals surface area contributed by atoms with E-state index in [0.29, 0.717) is 30.9 Å². The molecule has 0 spiro atoms. The number of amides is 1. The number of hydrogen-bond donors (Lipinski definition) is 1. The molecule has 0 aliphatic carbocycles. The lowest BCUT2D eigenvalue weighted by Gasteiger charge is -2.32. The van der Waals surface area contributed by atoms with Gasteiger partial charge in [0.15, 0.2) is 0 Å². The highest BCUT2D eigenvalue weighted by molar-refractivity contribution is 5.76. The first-order valence-electron chi connectivity index (χ1n) is 7.74. The van der Waals surface area contributed by atoms with Gasteiger partial charge in [-0.2, -0.15) is 5.26 Å². The van der Waals surface area contributed by atoms with Crippen molar-refractivity contribution in [1.82, 2.24) is 14.9 Å². The summed E-state index contributed by atoms with van der Waals surface area (Å²) in [5.74, 6) is 0.562. The van der Waals surface area contributed by atoms with Crippen LogP contribution in [0.1, 0.15) is 12.0 Å². The van der Waals surface area contributed by atoms with Crippen molar-refractivity contribution in [2.24, 2.45) is 0 Å². The maximum Gasteiger partial charge on any atom is 0.240 e. The van der Waals surface area contributed by atoms with Gasteiger partial charge in [-0.3, -0.25) is 4.79 Å². The summed E-state index contributed by atoms with van der Waals surface area (Å²) in [4.78, 5) is 16.1. The molecule has 0 saturated carbocycles. The van der Waals surface area contributed by atoms with E-state index in [1.165, 1.54) is 0 Å². The van der Waals surface area contributed by atoms with Gasteiger partial charge < -0.3 is 19.4 Å². The molecule has 1 aromatic carbocycles. The molecular weight excluding hydrogens is 308 g/mol. The van der Waals surface area contributed by atoms with Gasteiger partial charge in [-0.1, -0.05) is 0 Å². The minimum Gasteiger partial charge on any atom is -0.488 e. The van der Waals surface area contributed by atoms with Crippen molar-refractivity contribution in [3.63, 3.8) is 0 Å². The van der Waals surface area contributed by atoms with Crippen molar-refractivity contribution in [2.75, 3.05) is 13.2 Å². The van der Waals surface area contributed by atoms with Gasteiger partial charge in [-0.05, 0) is 24.3 Å². The Hall–Kier alpha value is -2.85. The fraction of sp³-hybridized carbons (Fsp3) is 0.353. The van der Waals surface area contributed by atoms with Crippen LogP contribution in [0.2, 0.25) is 0 Å². The number of benzene rings is 1. The molecule has 1 N–H and O–H groups in total. The summed E-state index contributed by atoms with van der Waals surface area (Å²) in [5.41, 5.74) is 0.583. The zero-order valence-electron chi connectivity index (χ0n) is 13.1. The summed E-state index contributed by atoms with van der Waals surface area (Å²) in [7, 11) is 0. The van der Waals surface area contributed by atoms with E-state index in [1.807, 2.05) is 0 Å². The molecule has 2 aromatic rings. The molecule has 3 rings (SSSR count). The van der Waals surface area contributed by atoms with Gasteiger partial charge >= 0.3 is 0 Å². The molecule has 0 radical (unpaired) electrons. The zero-order chi connectivity index (χ0) is 16.8. The molecule has 2 atom stereocenters. The Labute approximate surface area is 139 Å². The maximum atomic E-state index is 12.2. The van der Waals surface area contributed by atoms with Crippen LogP contribution in [0.25, 0.3) is 0 Å². The number of nitrogens with zero attached hydrogens (tertiary/aromatic N) is 3. The fourth-order valence-corrected chi connectivity index (χ4v) is 2.58. The van der Waals surface area contributed by atoms with Crippen molar-refractivity contribution in [2.45, 2.75) is 25.1 Å². The van der Waals surface area contributed by atoms with E-state index in [4.69, 9.17) is 14.7 Å². The highest BCUT2D eigenvalue weighted by Crippen LogP contribution is 2.19. The van der Waals surface area contributed by atoms with Gasteiger partial charge in [-0.25, -0.2) is 4.98 Å². The van der Waals surface area contributed by atoms with Gasteiger partial charge in [0.2, 0.25) is 5.91 Å². The number of nitrogens with one attached hydrogen (secondary N) is 1. The molecule has 0 unspecified atom stereocenters. The number of imidazole rings is 1. The van der Waals surface area contributed by atoms with E-state index in [2.05, 4.69) is 16.4 Å². The lowest BCUT2D eigenvalue weighted by atomic mass is 10.1. The Kier molecular flexibility index (Phi) is 5.08. The van der Waals surface area contributed by atoms with Gasteiger partial charge in [-0.15, -0.1) is 0 Å². The van der Waals surface area contributed by atoms with E-state index in [-0.39, 0.29) is 24.6 Å². The average Bonchev–Trinajstić information content (AvgIpc) is 3.10. The second-order valence-corrected chi connectivity index (χ2v) is 5.57. The summed E-state index contributed by atoms with van der Waals surface area (Å²) in [5, 5.41) is 11.8. The lowest BCUT2D eigenvalue weighted by Crippen LogP contribution is -2.52. The number of ether oxygens (including phenoxy) is 2. The molecule has 0 bridgehead atoms. The van der Waals surface area contributed by atoms with Crippen LogP contribution < -0.4 is 10.1 Å². The summed E-state index contributed by atoms with van der Waals surface area (Å²) >= 11 is 0. The van der Waals surface area contributed by atoms with Crippen LogP contribution in [0, 0.1) is 11.3 Å². The summed E-state index contributed by atoms with van der Waals surface area (Å²) in [6, 6.07) is 8.80. The van der Waals surface area contributed by atoms with Crippen LogP contribution in [-0.2, 0) is 16.1 Å². The van der Waals surface area contributed by atoms with Gasteiger partial charge in [0.05, 0.1) is 37.2 Å². The third-order valence-electron chi connectivity index (χ3n) is 3.80. The minimum atomic E-state index is -0.217. The van der Waals surface area contributed by atoms with Gasteiger partial charge in [0.25, 0.3) is 0 Å². The van der Waals surface area contributed by atoms with E-state index < -0.39 is 0 Å². The largest absolute Gasteiger partial charge is 0.488 e. The Morgan fingerprint density at radius 1 is 1.46 bits per heavy atom. The quantitative estimate of drug-likeness (QED) is 0.889. The highest BCUT2D eigenvalue weighted by Gasteiger charge is 2.29. The maximum absolute atomic E-state index is 12.2. The van der Waals surface area contributed by atoms with Crippen molar-refractivity contribution >= 4 is 5.91 Å². The number of carbonyl (C=O) groups is 1. The van der Waals surface area contributed by atoms with Gasteiger partial charge in [0, 0.05) is 18.8 Å². The molecule has 1 aliphatic rings. The molecule has 1 aliphatic heterocycles. The predicted octanol–water partition coefficient (Wildman–Crippen LogP) is 1.11. The first-order valence-corrected chi connectivity index (χ1v) is 7.74. The van der Waals surface area contributed by atoms with E-state index in [9.17, 15) is 4.79 Å². The van der Waals surface area contributed by atoms with Crippen molar-refractivity contribution in [3.8, 4) is 11.8 Å². The topological polar surface area (TPSA) is 89.2 Å². The Bertz CT molecular complexity index is 706. The summed E-state index contributed by atoms with van der Waals surface area (Å²) in [6.45, 7) is 1.21. The van der Waals surface area contributed by atoms with E-state index in [0.717, 1.165) is 0 Å². The Morgan fingerprint density at radius 2 is 2.29 bits per heavy atom. The van der Waals surface area contributed by atoms with Crippen LogP contribution in [0.3, 0.4) is 0 Å².